The number of hydrogen-bond acceptors (Lipinski definition) is 5. The number of carbonyl (C=O) groups excluding carboxylic acids is 2. The summed E-state index contributed by atoms with van der Waals surface area (Å²) in [5.74, 6) is 0.127. The van der Waals surface area contributed by atoms with Gasteiger partial charge in [0.25, 0.3) is 0 Å². The van der Waals surface area contributed by atoms with Crippen LogP contribution in [0.25, 0.3) is 0 Å². The molecule has 1 aliphatic heterocycles. The van der Waals surface area contributed by atoms with Gasteiger partial charge in [0, 0.05) is 39.1 Å². The van der Waals surface area contributed by atoms with Crippen LogP contribution in [0, 0.1) is 5.41 Å². The zero-order valence-corrected chi connectivity index (χ0v) is 15.3. The van der Waals surface area contributed by atoms with Crippen molar-refractivity contribution in [1.29, 1.82) is 5.41 Å². The minimum absolute atomic E-state index is 0.0412. The predicted octanol–water partition coefficient (Wildman–Crippen LogP) is 0.794. The fourth-order valence-corrected chi connectivity index (χ4v) is 2.31. The number of rotatable bonds is 4. The SMILES string of the molecule is CC(C)(C)OC(=O)NCCC(=O)N1CCN(C(=N)C(C)(C)O)CC1. The summed E-state index contributed by atoms with van der Waals surface area (Å²) >= 11 is 0. The molecule has 24 heavy (non-hydrogen) atoms. The summed E-state index contributed by atoms with van der Waals surface area (Å²) in [5.41, 5.74) is -1.74. The van der Waals surface area contributed by atoms with E-state index in [-0.39, 0.29) is 24.7 Å². The molecule has 0 aromatic heterocycles. The number of hydrogen-bond donors (Lipinski definition) is 3. The van der Waals surface area contributed by atoms with Gasteiger partial charge in [0.2, 0.25) is 5.91 Å². The molecule has 8 nitrogen and oxygen atoms in total. The van der Waals surface area contributed by atoms with Crippen LogP contribution in [0.5, 0.6) is 0 Å². The molecule has 0 aromatic carbocycles. The van der Waals surface area contributed by atoms with Gasteiger partial charge >= 0.3 is 6.09 Å². The van der Waals surface area contributed by atoms with E-state index >= 15 is 0 Å². The van der Waals surface area contributed by atoms with Crippen LogP contribution in [0.4, 0.5) is 4.79 Å². The second-order valence-electron chi connectivity index (χ2n) is 7.45. The van der Waals surface area contributed by atoms with E-state index in [4.69, 9.17) is 10.1 Å². The molecule has 0 saturated carbocycles. The first-order chi connectivity index (χ1) is 10.9. The summed E-state index contributed by atoms with van der Waals surface area (Å²) in [6.45, 7) is 10.8. The van der Waals surface area contributed by atoms with Gasteiger partial charge in [-0.15, -0.1) is 0 Å². The molecule has 0 radical (unpaired) electrons. The maximum atomic E-state index is 12.2. The van der Waals surface area contributed by atoms with Crippen molar-refractivity contribution in [3.63, 3.8) is 0 Å². The molecule has 1 saturated heterocycles. The Bertz CT molecular complexity index is 471. The molecule has 1 aliphatic rings. The second-order valence-corrected chi connectivity index (χ2v) is 7.45. The molecule has 0 aliphatic carbocycles. The highest BCUT2D eigenvalue weighted by Crippen LogP contribution is 2.12. The Morgan fingerprint density at radius 1 is 1.08 bits per heavy atom. The molecule has 1 rings (SSSR count). The van der Waals surface area contributed by atoms with Crippen LogP contribution in [-0.2, 0) is 9.53 Å². The van der Waals surface area contributed by atoms with Gasteiger partial charge in [-0.3, -0.25) is 10.2 Å². The molecule has 0 bridgehead atoms. The van der Waals surface area contributed by atoms with Crippen LogP contribution >= 0.6 is 0 Å². The highest BCUT2D eigenvalue weighted by atomic mass is 16.6. The van der Waals surface area contributed by atoms with E-state index in [9.17, 15) is 14.7 Å². The van der Waals surface area contributed by atoms with E-state index in [0.29, 0.717) is 26.2 Å². The quantitative estimate of drug-likeness (QED) is 0.517. The zero-order valence-electron chi connectivity index (χ0n) is 15.3. The lowest BCUT2D eigenvalue weighted by Gasteiger charge is -2.39. The van der Waals surface area contributed by atoms with Crippen LogP contribution in [0.2, 0.25) is 0 Å². The number of amidine groups is 1. The first-order valence-electron chi connectivity index (χ1n) is 8.21. The molecule has 2 amide bonds. The van der Waals surface area contributed by atoms with Crippen molar-refractivity contribution in [2.24, 2.45) is 0 Å². The van der Waals surface area contributed by atoms with Crippen LogP contribution in [0.3, 0.4) is 0 Å². The largest absolute Gasteiger partial charge is 0.444 e. The molecule has 0 atom stereocenters. The van der Waals surface area contributed by atoms with Crippen LogP contribution in [0.1, 0.15) is 41.0 Å². The van der Waals surface area contributed by atoms with Gasteiger partial charge in [0.1, 0.15) is 17.0 Å². The Morgan fingerprint density at radius 2 is 1.58 bits per heavy atom. The Balaban J connectivity index is 2.31. The number of piperazine rings is 1. The number of alkyl carbamates (subject to hydrolysis) is 1. The topological polar surface area (TPSA) is 106 Å². The maximum absolute atomic E-state index is 12.2. The Kier molecular flexibility index (Phi) is 6.59. The molecule has 0 unspecified atom stereocenters. The van der Waals surface area contributed by atoms with E-state index in [1.54, 1.807) is 44.4 Å². The van der Waals surface area contributed by atoms with E-state index in [2.05, 4.69) is 5.32 Å². The van der Waals surface area contributed by atoms with Gasteiger partial charge in [-0.2, -0.15) is 0 Å². The van der Waals surface area contributed by atoms with Crippen molar-refractivity contribution < 1.29 is 19.4 Å². The van der Waals surface area contributed by atoms with E-state index in [1.165, 1.54) is 0 Å². The Morgan fingerprint density at radius 3 is 2.04 bits per heavy atom. The first-order valence-corrected chi connectivity index (χ1v) is 8.21. The maximum Gasteiger partial charge on any atom is 0.407 e. The Hall–Kier alpha value is -1.83. The van der Waals surface area contributed by atoms with Crippen molar-refractivity contribution in [3.05, 3.63) is 0 Å². The summed E-state index contributed by atoms with van der Waals surface area (Å²) in [6.07, 6.45) is -0.318. The lowest BCUT2D eigenvalue weighted by atomic mass is 10.1. The summed E-state index contributed by atoms with van der Waals surface area (Å²) in [5, 5.41) is 20.4. The molecule has 3 N–H and O–H groups in total. The van der Waals surface area contributed by atoms with Crippen molar-refractivity contribution in [2.75, 3.05) is 32.7 Å². The highest BCUT2D eigenvalue weighted by Gasteiger charge is 2.29. The van der Waals surface area contributed by atoms with Gasteiger partial charge in [-0.1, -0.05) is 0 Å². The van der Waals surface area contributed by atoms with Crippen molar-refractivity contribution in [1.82, 2.24) is 15.1 Å². The van der Waals surface area contributed by atoms with E-state index in [0.717, 1.165) is 0 Å². The minimum Gasteiger partial charge on any atom is -0.444 e. The lowest BCUT2D eigenvalue weighted by Crippen LogP contribution is -2.55. The van der Waals surface area contributed by atoms with E-state index < -0.39 is 17.3 Å². The lowest BCUT2D eigenvalue weighted by molar-refractivity contribution is -0.132. The van der Waals surface area contributed by atoms with Gasteiger partial charge < -0.3 is 25.0 Å². The number of aliphatic hydroxyl groups is 1. The number of nitrogens with one attached hydrogen (secondary N) is 2. The molecular formula is C16H30N4O4. The fraction of sp³-hybridized carbons (Fsp3) is 0.812. The van der Waals surface area contributed by atoms with Crippen LogP contribution in [-0.4, -0.2) is 76.7 Å². The fourth-order valence-electron chi connectivity index (χ4n) is 2.31. The van der Waals surface area contributed by atoms with Gasteiger partial charge in [0.15, 0.2) is 0 Å². The van der Waals surface area contributed by atoms with Crippen LogP contribution < -0.4 is 5.32 Å². The normalized spacial score (nSPS) is 15.9. The minimum atomic E-state index is -1.18. The average Bonchev–Trinajstić information content (AvgIpc) is 2.43. The molecule has 1 heterocycles. The molecular weight excluding hydrogens is 312 g/mol. The van der Waals surface area contributed by atoms with Crippen molar-refractivity contribution in [3.8, 4) is 0 Å². The zero-order chi connectivity index (χ0) is 18.5. The standard InChI is InChI=1S/C16H30N4O4/c1-15(2,3)24-14(22)18-7-6-12(21)19-8-10-20(11-9-19)13(17)16(4,5)23/h17,23H,6-11H2,1-5H3,(H,18,22). The summed E-state index contributed by atoms with van der Waals surface area (Å²) in [4.78, 5) is 27.2. The van der Waals surface area contributed by atoms with E-state index in [1.807, 2.05) is 0 Å². The van der Waals surface area contributed by atoms with Crippen molar-refractivity contribution in [2.45, 2.75) is 52.2 Å². The van der Waals surface area contributed by atoms with Gasteiger partial charge in [-0.25, -0.2) is 4.79 Å². The number of carbonyl (C=O) groups is 2. The third-order valence-corrected chi connectivity index (χ3v) is 3.54. The molecule has 0 spiro atoms. The Labute approximate surface area is 143 Å². The van der Waals surface area contributed by atoms with Gasteiger partial charge in [0.05, 0.1) is 0 Å². The summed E-state index contributed by atoms with van der Waals surface area (Å²) < 4.78 is 5.11. The number of ether oxygens (including phenoxy) is 1. The summed E-state index contributed by atoms with van der Waals surface area (Å²) in [7, 11) is 0. The molecule has 8 heteroatoms. The number of nitrogens with zero attached hydrogens (tertiary/aromatic N) is 2. The molecule has 0 aromatic rings. The third-order valence-electron chi connectivity index (χ3n) is 3.54. The highest BCUT2D eigenvalue weighted by molar-refractivity contribution is 5.87. The molecule has 138 valence electrons. The van der Waals surface area contributed by atoms with Crippen LogP contribution in [0.15, 0.2) is 0 Å². The van der Waals surface area contributed by atoms with Crippen molar-refractivity contribution >= 4 is 17.8 Å². The third kappa shape index (κ3) is 6.74. The first kappa shape index (κ1) is 20.2. The monoisotopic (exact) mass is 342 g/mol. The predicted molar refractivity (Wildman–Crippen MR) is 91.0 cm³/mol. The summed E-state index contributed by atoms with van der Waals surface area (Å²) in [6, 6.07) is 0. The average molecular weight is 342 g/mol. The van der Waals surface area contributed by atoms with Gasteiger partial charge in [-0.05, 0) is 34.6 Å². The number of amides is 2. The second kappa shape index (κ2) is 7.83. The molecule has 1 fully saturated rings. The smallest absolute Gasteiger partial charge is 0.407 e.